The van der Waals surface area contributed by atoms with Crippen LogP contribution in [-0.4, -0.2) is 21.3 Å². The first-order chi connectivity index (χ1) is 7.22. The van der Waals surface area contributed by atoms with E-state index in [-0.39, 0.29) is 0 Å². The topological polar surface area (TPSA) is 82.8 Å². The van der Waals surface area contributed by atoms with E-state index >= 15 is 0 Å². The molecule has 4 N–H and O–H groups in total. The minimum absolute atomic E-state index is 0.409. The normalized spacial score (nSPS) is 26.8. The van der Waals surface area contributed by atoms with Crippen LogP contribution >= 0.6 is 0 Å². The van der Waals surface area contributed by atoms with Crippen LogP contribution in [-0.2, 0) is 7.05 Å². The summed E-state index contributed by atoms with van der Waals surface area (Å²) in [6, 6.07) is 0. The van der Waals surface area contributed by atoms with Crippen molar-refractivity contribution < 1.29 is 0 Å². The van der Waals surface area contributed by atoms with Crippen molar-refractivity contribution in [3.05, 3.63) is 5.82 Å². The number of anilines is 1. The molecule has 0 aliphatic heterocycles. The fraction of sp³-hybridized carbons (Fsp3) is 0.800. The summed E-state index contributed by atoms with van der Waals surface area (Å²) in [4.78, 5) is 4.31. The number of aromatic nitrogens is 3. The van der Waals surface area contributed by atoms with Gasteiger partial charge < -0.3 is 11.5 Å². The number of hydrogen-bond donors (Lipinski definition) is 2. The summed E-state index contributed by atoms with van der Waals surface area (Å²) in [5, 5.41) is 4.36. The second-order valence-corrected chi connectivity index (χ2v) is 4.34. The Balaban J connectivity index is 2.20. The highest BCUT2D eigenvalue weighted by molar-refractivity contribution is 5.17. The quantitative estimate of drug-likeness (QED) is 0.748. The third kappa shape index (κ3) is 1.97. The third-order valence-electron chi connectivity index (χ3n) is 3.36. The fourth-order valence-electron chi connectivity index (χ4n) is 2.40. The number of nitrogens with two attached hydrogens (primary N) is 2. The van der Waals surface area contributed by atoms with Gasteiger partial charge in [-0.25, -0.2) is 4.68 Å². The fourth-order valence-corrected chi connectivity index (χ4v) is 2.40. The van der Waals surface area contributed by atoms with Crippen LogP contribution in [0, 0.1) is 5.92 Å². The Morgan fingerprint density at radius 2 is 2.13 bits per heavy atom. The van der Waals surface area contributed by atoms with Crippen molar-refractivity contribution in [1.29, 1.82) is 0 Å². The molecular weight excluding hydrogens is 190 g/mol. The molecule has 0 radical (unpaired) electrons. The van der Waals surface area contributed by atoms with Gasteiger partial charge in [-0.3, -0.25) is 0 Å². The van der Waals surface area contributed by atoms with Crippen LogP contribution in [0.4, 0.5) is 5.95 Å². The van der Waals surface area contributed by atoms with E-state index in [1.807, 2.05) is 7.05 Å². The lowest BCUT2D eigenvalue weighted by Gasteiger charge is -2.28. The van der Waals surface area contributed by atoms with Gasteiger partial charge in [0.25, 0.3) is 0 Å². The first-order valence-corrected chi connectivity index (χ1v) is 5.59. The molecule has 1 fully saturated rings. The molecule has 0 bridgehead atoms. The molecule has 1 aliphatic rings. The second-order valence-electron chi connectivity index (χ2n) is 4.34. The standard InChI is InChI=1S/C10H19N5/c1-15-10(12)13-9(14-15)8-5-3-2-4-7(8)6-11/h7-8H,2-6,11H2,1H3,(H2,12,13,14). The maximum atomic E-state index is 5.78. The van der Waals surface area contributed by atoms with Crippen molar-refractivity contribution in [3.63, 3.8) is 0 Å². The Bertz CT molecular complexity index is 313. The number of rotatable bonds is 2. The van der Waals surface area contributed by atoms with Gasteiger partial charge in [0.05, 0.1) is 0 Å². The van der Waals surface area contributed by atoms with Crippen molar-refractivity contribution in [2.75, 3.05) is 12.3 Å². The summed E-state index contributed by atoms with van der Waals surface area (Å²) in [7, 11) is 1.83. The summed E-state index contributed by atoms with van der Waals surface area (Å²) in [5.74, 6) is 2.31. The molecule has 84 valence electrons. The summed E-state index contributed by atoms with van der Waals surface area (Å²) in [6.45, 7) is 0.725. The van der Waals surface area contributed by atoms with Gasteiger partial charge >= 0.3 is 0 Å². The second kappa shape index (κ2) is 4.18. The van der Waals surface area contributed by atoms with Crippen LogP contribution < -0.4 is 11.5 Å². The number of nitrogens with zero attached hydrogens (tertiary/aromatic N) is 3. The predicted molar refractivity (Wildman–Crippen MR) is 59.2 cm³/mol. The Labute approximate surface area is 89.9 Å². The van der Waals surface area contributed by atoms with Crippen LogP contribution in [0.1, 0.15) is 37.4 Å². The Morgan fingerprint density at radius 3 is 2.73 bits per heavy atom. The Hall–Kier alpha value is -1.10. The van der Waals surface area contributed by atoms with Crippen LogP contribution in [0.25, 0.3) is 0 Å². The average molecular weight is 209 g/mol. The van der Waals surface area contributed by atoms with Crippen LogP contribution in [0.3, 0.4) is 0 Å². The number of hydrogen-bond acceptors (Lipinski definition) is 4. The monoisotopic (exact) mass is 209 g/mol. The molecule has 1 aromatic rings. The van der Waals surface area contributed by atoms with Crippen LogP contribution in [0.2, 0.25) is 0 Å². The van der Waals surface area contributed by atoms with Crippen molar-refractivity contribution in [1.82, 2.24) is 14.8 Å². The first kappa shape index (κ1) is 10.4. The molecule has 0 aromatic carbocycles. The summed E-state index contributed by atoms with van der Waals surface area (Å²) in [6.07, 6.45) is 4.87. The zero-order valence-corrected chi connectivity index (χ0v) is 9.19. The molecule has 1 heterocycles. The van der Waals surface area contributed by atoms with Gasteiger partial charge in [-0.15, -0.1) is 0 Å². The molecule has 2 rings (SSSR count). The maximum absolute atomic E-state index is 5.78. The van der Waals surface area contributed by atoms with Gasteiger partial charge in [-0.05, 0) is 25.3 Å². The molecule has 5 heteroatoms. The molecule has 1 saturated carbocycles. The first-order valence-electron chi connectivity index (χ1n) is 5.59. The molecule has 2 atom stereocenters. The van der Waals surface area contributed by atoms with Crippen molar-refractivity contribution in [2.24, 2.45) is 18.7 Å². The van der Waals surface area contributed by atoms with Crippen LogP contribution in [0.15, 0.2) is 0 Å². The minimum Gasteiger partial charge on any atom is -0.368 e. The Kier molecular flexibility index (Phi) is 2.90. The Morgan fingerprint density at radius 1 is 1.40 bits per heavy atom. The van der Waals surface area contributed by atoms with E-state index in [4.69, 9.17) is 11.5 Å². The molecule has 0 spiro atoms. The highest BCUT2D eigenvalue weighted by atomic mass is 15.4. The van der Waals surface area contributed by atoms with Crippen molar-refractivity contribution in [3.8, 4) is 0 Å². The highest BCUT2D eigenvalue weighted by Crippen LogP contribution is 2.35. The van der Waals surface area contributed by atoms with E-state index in [9.17, 15) is 0 Å². The third-order valence-corrected chi connectivity index (χ3v) is 3.36. The minimum atomic E-state index is 0.409. The number of nitrogen functional groups attached to an aromatic ring is 1. The van der Waals surface area contributed by atoms with E-state index in [1.54, 1.807) is 4.68 Å². The lowest BCUT2D eigenvalue weighted by Crippen LogP contribution is -2.26. The van der Waals surface area contributed by atoms with Crippen molar-refractivity contribution >= 4 is 5.95 Å². The van der Waals surface area contributed by atoms with Crippen molar-refractivity contribution in [2.45, 2.75) is 31.6 Å². The molecule has 5 nitrogen and oxygen atoms in total. The van der Waals surface area contributed by atoms with Gasteiger partial charge in [0.15, 0.2) is 5.82 Å². The van der Waals surface area contributed by atoms with Gasteiger partial charge in [0.1, 0.15) is 0 Å². The number of aryl methyl sites for hydroxylation is 1. The van der Waals surface area contributed by atoms with E-state index in [0.29, 0.717) is 17.8 Å². The van der Waals surface area contributed by atoms with Gasteiger partial charge in [0, 0.05) is 13.0 Å². The molecule has 15 heavy (non-hydrogen) atoms. The predicted octanol–water partition coefficient (Wildman–Crippen LogP) is 0.630. The molecule has 0 amide bonds. The molecular formula is C10H19N5. The van der Waals surface area contributed by atoms with E-state index in [1.165, 1.54) is 19.3 Å². The van der Waals surface area contributed by atoms with E-state index in [2.05, 4.69) is 10.1 Å². The zero-order valence-electron chi connectivity index (χ0n) is 9.19. The van der Waals surface area contributed by atoms with Gasteiger partial charge in [-0.2, -0.15) is 10.1 Å². The lowest BCUT2D eigenvalue weighted by molar-refractivity contribution is 0.304. The molecule has 1 aromatic heterocycles. The molecule has 2 unspecified atom stereocenters. The highest BCUT2D eigenvalue weighted by Gasteiger charge is 2.28. The lowest BCUT2D eigenvalue weighted by atomic mass is 9.79. The van der Waals surface area contributed by atoms with E-state index in [0.717, 1.165) is 18.8 Å². The summed E-state index contributed by atoms with van der Waals surface area (Å²) in [5.41, 5.74) is 11.5. The van der Waals surface area contributed by atoms with Gasteiger partial charge in [0.2, 0.25) is 5.95 Å². The largest absolute Gasteiger partial charge is 0.368 e. The summed E-state index contributed by atoms with van der Waals surface area (Å²) >= 11 is 0. The SMILES string of the molecule is Cn1nc(C2CCCCC2CN)nc1N. The van der Waals surface area contributed by atoms with Gasteiger partial charge in [-0.1, -0.05) is 12.8 Å². The van der Waals surface area contributed by atoms with E-state index < -0.39 is 0 Å². The molecule has 0 saturated heterocycles. The summed E-state index contributed by atoms with van der Waals surface area (Å²) < 4.78 is 1.64. The zero-order chi connectivity index (χ0) is 10.8. The smallest absolute Gasteiger partial charge is 0.218 e. The van der Waals surface area contributed by atoms with Crippen LogP contribution in [0.5, 0.6) is 0 Å². The maximum Gasteiger partial charge on any atom is 0.218 e. The molecule has 1 aliphatic carbocycles. The average Bonchev–Trinajstić information content (AvgIpc) is 2.59.